The molecular formula is C18H36N2O3. The average molecular weight is 328 g/mol. The molecule has 1 aliphatic rings. The zero-order valence-electron chi connectivity index (χ0n) is 15.1. The lowest BCUT2D eigenvalue weighted by Gasteiger charge is -2.23. The van der Waals surface area contributed by atoms with Gasteiger partial charge in [0.05, 0.1) is 12.8 Å². The van der Waals surface area contributed by atoms with E-state index < -0.39 is 0 Å². The van der Waals surface area contributed by atoms with Crippen molar-refractivity contribution in [2.24, 2.45) is 0 Å². The molecule has 1 atom stereocenters. The van der Waals surface area contributed by atoms with Crippen LogP contribution in [-0.2, 0) is 14.3 Å². The number of ether oxygens (including phenoxy) is 2. The molecule has 1 saturated heterocycles. The molecule has 0 aromatic heterocycles. The Morgan fingerprint density at radius 2 is 1.91 bits per heavy atom. The van der Waals surface area contributed by atoms with Crippen LogP contribution in [0.2, 0.25) is 0 Å². The zero-order chi connectivity index (χ0) is 16.8. The van der Waals surface area contributed by atoms with Crippen LogP contribution in [0.25, 0.3) is 0 Å². The fourth-order valence-corrected chi connectivity index (χ4v) is 2.97. The van der Waals surface area contributed by atoms with E-state index in [1.54, 1.807) is 7.11 Å². The summed E-state index contributed by atoms with van der Waals surface area (Å²) < 4.78 is 10.8. The molecule has 1 heterocycles. The van der Waals surface area contributed by atoms with E-state index in [0.29, 0.717) is 6.73 Å². The van der Waals surface area contributed by atoms with Crippen molar-refractivity contribution in [2.45, 2.75) is 70.8 Å². The van der Waals surface area contributed by atoms with Gasteiger partial charge in [0.25, 0.3) is 0 Å². The summed E-state index contributed by atoms with van der Waals surface area (Å²) in [4.78, 5) is 14.4. The molecule has 1 N–H and O–H groups in total. The number of nitrogens with zero attached hydrogens (tertiary/aromatic N) is 1. The van der Waals surface area contributed by atoms with Gasteiger partial charge in [-0.05, 0) is 32.1 Å². The maximum absolute atomic E-state index is 12.3. The number of amides is 1. The highest BCUT2D eigenvalue weighted by Gasteiger charge is 2.30. The van der Waals surface area contributed by atoms with Crippen molar-refractivity contribution in [3.63, 3.8) is 0 Å². The third-order valence-electron chi connectivity index (χ3n) is 4.39. The summed E-state index contributed by atoms with van der Waals surface area (Å²) in [5.74, 6) is 0.159. The van der Waals surface area contributed by atoms with E-state index in [4.69, 9.17) is 9.47 Å². The van der Waals surface area contributed by atoms with Gasteiger partial charge in [-0.3, -0.25) is 9.69 Å². The molecule has 136 valence electrons. The summed E-state index contributed by atoms with van der Waals surface area (Å²) in [6, 6.07) is -0.00230. The molecule has 1 fully saturated rings. The van der Waals surface area contributed by atoms with Crippen molar-refractivity contribution >= 4 is 5.91 Å². The molecule has 0 bridgehead atoms. The topological polar surface area (TPSA) is 50.8 Å². The monoisotopic (exact) mass is 328 g/mol. The summed E-state index contributed by atoms with van der Waals surface area (Å²) >= 11 is 0. The first-order valence-electron chi connectivity index (χ1n) is 9.38. The molecule has 5 nitrogen and oxygen atoms in total. The van der Waals surface area contributed by atoms with Crippen molar-refractivity contribution in [1.29, 1.82) is 0 Å². The Bertz CT molecular complexity index is 300. The lowest BCUT2D eigenvalue weighted by molar-refractivity contribution is -0.127. The van der Waals surface area contributed by atoms with Crippen LogP contribution in [0, 0.1) is 0 Å². The number of methoxy groups -OCH3 is 1. The molecular weight excluding hydrogens is 292 g/mol. The Balaban J connectivity index is 2.09. The molecule has 0 spiro atoms. The number of unbranched alkanes of at least 4 members (excludes halogenated alkanes) is 5. The van der Waals surface area contributed by atoms with E-state index in [2.05, 4.69) is 17.1 Å². The maximum atomic E-state index is 12.3. The second-order valence-corrected chi connectivity index (χ2v) is 6.41. The van der Waals surface area contributed by atoms with Gasteiger partial charge in [0.15, 0.2) is 0 Å². The first kappa shape index (κ1) is 20.4. The van der Waals surface area contributed by atoms with Crippen molar-refractivity contribution < 1.29 is 14.3 Å². The van der Waals surface area contributed by atoms with Gasteiger partial charge in [0.1, 0.15) is 0 Å². The Kier molecular flexibility index (Phi) is 12.2. The third-order valence-corrected chi connectivity index (χ3v) is 4.39. The van der Waals surface area contributed by atoms with Gasteiger partial charge in [0, 0.05) is 33.4 Å². The maximum Gasteiger partial charge on any atom is 0.237 e. The molecule has 1 amide bonds. The number of carbonyl (C=O) groups is 1. The quantitative estimate of drug-likeness (QED) is 0.498. The summed E-state index contributed by atoms with van der Waals surface area (Å²) in [6.45, 7) is 6.10. The van der Waals surface area contributed by atoms with E-state index in [-0.39, 0.29) is 11.9 Å². The molecule has 23 heavy (non-hydrogen) atoms. The Hall–Kier alpha value is -0.650. The predicted molar refractivity (Wildman–Crippen MR) is 93.4 cm³/mol. The van der Waals surface area contributed by atoms with Gasteiger partial charge in [-0.2, -0.15) is 0 Å². The SMILES string of the molecule is CCCCCCCOCN1CCC[C@H]1C(=O)NCCCCOC. The molecule has 0 radical (unpaired) electrons. The molecule has 5 heteroatoms. The summed E-state index contributed by atoms with van der Waals surface area (Å²) in [5.41, 5.74) is 0. The van der Waals surface area contributed by atoms with E-state index >= 15 is 0 Å². The summed E-state index contributed by atoms with van der Waals surface area (Å²) in [5, 5.41) is 3.05. The van der Waals surface area contributed by atoms with Crippen LogP contribution >= 0.6 is 0 Å². The molecule has 0 aliphatic carbocycles. The van der Waals surface area contributed by atoms with Crippen LogP contribution in [0.3, 0.4) is 0 Å². The van der Waals surface area contributed by atoms with Crippen LogP contribution in [-0.4, -0.2) is 57.0 Å². The highest BCUT2D eigenvalue weighted by Crippen LogP contribution is 2.17. The molecule has 0 saturated carbocycles. The van der Waals surface area contributed by atoms with Gasteiger partial charge in [-0.15, -0.1) is 0 Å². The van der Waals surface area contributed by atoms with Crippen molar-refractivity contribution in [1.82, 2.24) is 10.2 Å². The highest BCUT2D eigenvalue weighted by molar-refractivity contribution is 5.81. The van der Waals surface area contributed by atoms with Crippen LogP contribution < -0.4 is 5.32 Å². The second-order valence-electron chi connectivity index (χ2n) is 6.41. The summed E-state index contributed by atoms with van der Waals surface area (Å²) in [7, 11) is 1.71. The van der Waals surface area contributed by atoms with Crippen LogP contribution in [0.4, 0.5) is 0 Å². The third kappa shape index (κ3) is 9.28. The normalized spacial score (nSPS) is 18.4. The number of likely N-dealkylation sites (tertiary alicyclic amines) is 1. The second kappa shape index (κ2) is 13.8. The molecule has 0 unspecified atom stereocenters. The van der Waals surface area contributed by atoms with Crippen LogP contribution in [0.15, 0.2) is 0 Å². The van der Waals surface area contributed by atoms with Crippen molar-refractivity contribution in [3.8, 4) is 0 Å². The minimum atomic E-state index is -0.00230. The smallest absolute Gasteiger partial charge is 0.237 e. The van der Waals surface area contributed by atoms with Crippen molar-refractivity contribution in [3.05, 3.63) is 0 Å². The zero-order valence-corrected chi connectivity index (χ0v) is 15.1. The highest BCUT2D eigenvalue weighted by atomic mass is 16.5. The number of hydrogen-bond acceptors (Lipinski definition) is 4. The number of rotatable bonds is 14. The molecule has 0 aromatic carbocycles. The lowest BCUT2D eigenvalue weighted by atomic mass is 10.2. The van der Waals surface area contributed by atoms with E-state index in [9.17, 15) is 4.79 Å². The predicted octanol–water partition coefficient (Wildman–Crippen LogP) is 2.94. The van der Waals surface area contributed by atoms with Gasteiger partial charge < -0.3 is 14.8 Å². The van der Waals surface area contributed by atoms with Gasteiger partial charge in [-0.25, -0.2) is 0 Å². The minimum absolute atomic E-state index is 0.00230. The standard InChI is InChI=1S/C18H36N2O3/c1-3-4-5-6-8-15-23-16-20-13-10-11-17(20)18(21)19-12-7-9-14-22-2/h17H,3-16H2,1-2H3,(H,19,21)/t17-/m0/s1. The minimum Gasteiger partial charge on any atom is -0.385 e. The average Bonchev–Trinajstić information content (AvgIpc) is 3.02. The fourth-order valence-electron chi connectivity index (χ4n) is 2.97. The molecule has 1 rings (SSSR count). The van der Waals surface area contributed by atoms with Gasteiger partial charge in [0.2, 0.25) is 5.91 Å². The Morgan fingerprint density at radius 1 is 1.13 bits per heavy atom. The van der Waals surface area contributed by atoms with Crippen molar-refractivity contribution in [2.75, 3.05) is 40.1 Å². The fraction of sp³-hybridized carbons (Fsp3) is 0.944. The Morgan fingerprint density at radius 3 is 2.70 bits per heavy atom. The number of carbonyl (C=O) groups excluding carboxylic acids is 1. The summed E-state index contributed by atoms with van der Waals surface area (Å²) in [6.07, 6.45) is 10.3. The largest absolute Gasteiger partial charge is 0.385 e. The van der Waals surface area contributed by atoms with E-state index in [1.807, 2.05) is 0 Å². The number of nitrogens with one attached hydrogen (secondary N) is 1. The van der Waals surface area contributed by atoms with Gasteiger partial charge in [-0.1, -0.05) is 32.6 Å². The van der Waals surface area contributed by atoms with Crippen LogP contribution in [0.5, 0.6) is 0 Å². The Labute approximate surface area is 142 Å². The molecule has 1 aliphatic heterocycles. The first-order chi connectivity index (χ1) is 11.3. The number of hydrogen-bond donors (Lipinski definition) is 1. The van der Waals surface area contributed by atoms with Crippen LogP contribution in [0.1, 0.15) is 64.7 Å². The molecule has 0 aromatic rings. The lowest BCUT2D eigenvalue weighted by Crippen LogP contribution is -2.44. The van der Waals surface area contributed by atoms with E-state index in [1.165, 1.54) is 25.7 Å². The van der Waals surface area contributed by atoms with Gasteiger partial charge >= 0.3 is 0 Å². The van der Waals surface area contributed by atoms with E-state index in [0.717, 1.165) is 58.4 Å². The first-order valence-corrected chi connectivity index (χ1v) is 9.38.